The van der Waals surface area contributed by atoms with Crippen molar-refractivity contribution in [3.8, 4) is 5.75 Å². The van der Waals surface area contributed by atoms with Crippen molar-refractivity contribution in [2.45, 2.75) is 18.9 Å². The van der Waals surface area contributed by atoms with Crippen LogP contribution in [0.3, 0.4) is 0 Å². The number of rotatable bonds is 6. The van der Waals surface area contributed by atoms with Crippen LogP contribution in [0.2, 0.25) is 0 Å². The minimum Gasteiger partial charge on any atom is -0.491 e. The lowest BCUT2D eigenvalue weighted by Gasteiger charge is -2.18. The SMILES string of the molecule is O=NC(COc1ccccc1)CN1CCCC1. The van der Waals surface area contributed by atoms with E-state index in [0.717, 1.165) is 25.4 Å². The van der Waals surface area contributed by atoms with Crippen LogP contribution in [-0.4, -0.2) is 37.2 Å². The summed E-state index contributed by atoms with van der Waals surface area (Å²) in [5, 5.41) is 3.15. The Labute approximate surface area is 102 Å². The molecule has 1 aliphatic heterocycles. The van der Waals surface area contributed by atoms with Crippen molar-refractivity contribution in [3.63, 3.8) is 0 Å². The second-order valence-corrected chi connectivity index (χ2v) is 4.39. The van der Waals surface area contributed by atoms with Crippen LogP contribution in [0.5, 0.6) is 5.75 Å². The third-order valence-electron chi connectivity index (χ3n) is 3.00. The Morgan fingerprint density at radius 3 is 2.59 bits per heavy atom. The summed E-state index contributed by atoms with van der Waals surface area (Å²) in [4.78, 5) is 13.0. The molecule has 17 heavy (non-hydrogen) atoms. The molecular weight excluding hydrogens is 216 g/mol. The molecule has 0 aromatic heterocycles. The molecule has 1 atom stereocenters. The minimum atomic E-state index is -0.270. The van der Waals surface area contributed by atoms with Crippen molar-refractivity contribution in [1.29, 1.82) is 0 Å². The van der Waals surface area contributed by atoms with Gasteiger partial charge in [0.1, 0.15) is 18.4 Å². The third-order valence-corrected chi connectivity index (χ3v) is 3.00. The second-order valence-electron chi connectivity index (χ2n) is 4.39. The molecular formula is C13H18N2O2. The standard InChI is InChI=1S/C13H18N2O2/c16-14-12(10-15-8-4-5-9-15)11-17-13-6-2-1-3-7-13/h1-3,6-7,12H,4-5,8-11H2. The molecule has 1 aliphatic rings. The van der Waals surface area contributed by atoms with Gasteiger partial charge in [-0.25, -0.2) is 0 Å². The molecule has 4 heteroatoms. The number of hydrogen-bond donors (Lipinski definition) is 0. The molecule has 0 N–H and O–H groups in total. The van der Waals surface area contributed by atoms with E-state index in [2.05, 4.69) is 10.1 Å². The summed E-state index contributed by atoms with van der Waals surface area (Å²) >= 11 is 0. The zero-order valence-electron chi connectivity index (χ0n) is 9.92. The first kappa shape index (κ1) is 12.0. The van der Waals surface area contributed by atoms with Crippen LogP contribution < -0.4 is 4.74 Å². The van der Waals surface area contributed by atoms with Gasteiger partial charge >= 0.3 is 0 Å². The molecule has 1 saturated heterocycles. The number of nitroso groups, excluding NO2 is 1. The van der Waals surface area contributed by atoms with Gasteiger partial charge in [0.2, 0.25) is 0 Å². The van der Waals surface area contributed by atoms with Crippen LogP contribution in [0.1, 0.15) is 12.8 Å². The largest absolute Gasteiger partial charge is 0.491 e. The minimum absolute atomic E-state index is 0.270. The van der Waals surface area contributed by atoms with Crippen molar-refractivity contribution < 1.29 is 4.74 Å². The summed E-state index contributed by atoms with van der Waals surface area (Å²) in [6.07, 6.45) is 2.45. The zero-order valence-corrected chi connectivity index (χ0v) is 9.92. The van der Waals surface area contributed by atoms with Crippen LogP contribution in [0.4, 0.5) is 0 Å². The molecule has 1 aromatic carbocycles. The average Bonchev–Trinajstić information content (AvgIpc) is 2.88. The van der Waals surface area contributed by atoms with E-state index in [-0.39, 0.29) is 6.04 Å². The zero-order chi connectivity index (χ0) is 11.9. The Balaban J connectivity index is 1.77. The third kappa shape index (κ3) is 3.82. The van der Waals surface area contributed by atoms with Gasteiger partial charge in [-0.05, 0) is 38.1 Å². The molecule has 0 amide bonds. The van der Waals surface area contributed by atoms with E-state index in [9.17, 15) is 4.91 Å². The van der Waals surface area contributed by atoms with Crippen LogP contribution in [0.25, 0.3) is 0 Å². The highest BCUT2D eigenvalue weighted by molar-refractivity contribution is 5.20. The first-order valence-corrected chi connectivity index (χ1v) is 6.11. The maximum Gasteiger partial charge on any atom is 0.138 e. The fraction of sp³-hybridized carbons (Fsp3) is 0.538. The van der Waals surface area contributed by atoms with Crippen LogP contribution in [0.15, 0.2) is 35.5 Å². The van der Waals surface area contributed by atoms with Crippen LogP contribution in [-0.2, 0) is 0 Å². The fourth-order valence-corrected chi connectivity index (χ4v) is 2.09. The lowest BCUT2D eigenvalue weighted by molar-refractivity contribution is 0.237. The molecule has 0 radical (unpaired) electrons. The first-order chi connectivity index (χ1) is 8.38. The van der Waals surface area contributed by atoms with Gasteiger partial charge in [-0.1, -0.05) is 23.4 Å². The first-order valence-electron chi connectivity index (χ1n) is 6.11. The molecule has 92 valence electrons. The van der Waals surface area contributed by atoms with E-state index < -0.39 is 0 Å². The Hall–Kier alpha value is -1.42. The van der Waals surface area contributed by atoms with Gasteiger partial charge in [0.05, 0.1) is 0 Å². The van der Waals surface area contributed by atoms with Crippen molar-refractivity contribution in [2.24, 2.45) is 5.18 Å². The molecule has 1 heterocycles. The van der Waals surface area contributed by atoms with Gasteiger partial charge in [-0.15, -0.1) is 0 Å². The number of nitrogens with zero attached hydrogens (tertiary/aromatic N) is 2. The van der Waals surface area contributed by atoms with Gasteiger partial charge in [0.25, 0.3) is 0 Å². The monoisotopic (exact) mass is 234 g/mol. The summed E-state index contributed by atoms with van der Waals surface area (Å²) in [7, 11) is 0. The molecule has 0 aliphatic carbocycles. The van der Waals surface area contributed by atoms with E-state index in [1.54, 1.807) is 0 Å². The van der Waals surface area contributed by atoms with E-state index in [4.69, 9.17) is 4.74 Å². The fourth-order valence-electron chi connectivity index (χ4n) is 2.09. The number of para-hydroxylation sites is 1. The van der Waals surface area contributed by atoms with Gasteiger partial charge < -0.3 is 9.64 Å². The van der Waals surface area contributed by atoms with Gasteiger partial charge in [-0.2, -0.15) is 4.91 Å². The Morgan fingerprint density at radius 2 is 1.94 bits per heavy atom. The van der Waals surface area contributed by atoms with Crippen molar-refractivity contribution in [2.75, 3.05) is 26.2 Å². The number of likely N-dealkylation sites (tertiary alicyclic amines) is 1. The highest BCUT2D eigenvalue weighted by Crippen LogP contribution is 2.12. The van der Waals surface area contributed by atoms with E-state index in [1.165, 1.54) is 12.8 Å². The predicted octanol–water partition coefficient (Wildman–Crippen LogP) is 2.30. The summed E-state index contributed by atoms with van der Waals surface area (Å²) in [5.41, 5.74) is 0. The smallest absolute Gasteiger partial charge is 0.138 e. The second kappa shape index (κ2) is 6.35. The Kier molecular flexibility index (Phi) is 4.50. The Morgan fingerprint density at radius 1 is 1.24 bits per heavy atom. The quantitative estimate of drug-likeness (QED) is 0.709. The molecule has 0 bridgehead atoms. The van der Waals surface area contributed by atoms with Gasteiger partial charge in [-0.3, -0.25) is 0 Å². The number of ether oxygens (including phenoxy) is 1. The van der Waals surface area contributed by atoms with Gasteiger partial charge in [0, 0.05) is 6.54 Å². The highest BCUT2D eigenvalue weighted by Gasteiger charge is 2.18. The summed E-state index contributed by atoms with van der Waals surface area (Å²) in [6.45, 7) is 3.25. The maximum atomic E-state index is 10.8. The number of hydrogen-bond acceptors (Lipinski definition) is 4. The van der Waals surface area contributed by atoms with Crippen molar-refractivity contribution >= 4 is 0 Å². The number of benzene rings is 1. The van der Waals surface area contributed by atoms with Crippen LogP contribution in [0, 0.1) is 4.91 Å². The van der Waals surface area contributed by atoms with Crippen molar-refractivity contribution in [1.82, 2.24) is 4.90 Å². The Bertz CT molecular complexity index is 337. The molecule has 0 saturated carbocycles. The molecule has 1 unspecified atom stereocenters. The lowest BCUT2D eigenvalue weighted by atomic mass is 10.3. The van der Waals surface area contributed by atoms with Crippen molar-refractivity contribution in [3.05, 3.63) is 35.2 Å². The highest BCUT2D eigenvalue weighted by atomic mass is 16.5. The molecule has 4 nitrogen and oxygen atoms in total. The molecule has 0 spiro atoms. The van der Waals surface area contributed by atoms with Crippen LogP contribution >= 0.6 is 0 Å². The van der Waals surface area contributed by atoms with E-state index in [0.29, 0.717) is 6.61 Å². The summed E-state index contributed by atoms with van der Waals surface area (Å²) in [6, 6.07) is 9.27. The molecule has 2 rings (SSSR count). The normalized spacial score (nSPS) is 17.9. The predicted molar refractivity (Wildman–Crippen MR) is 67.2 cm³/mol. The maximum absolute atomic E-state index is 10.8. The van der Waals surface area contributed by atoms with Gasteiger partial charge in [0.15, 0.2) is 0 Å². The topological polar surface area (TPSA) is 41.9 Å². The lowest BCUT2D eigenvalue weighted by Crippen LogP contribution is -2.32. The van der Waals surface area contributed by atoms with E-state index >= 15 is 0 Å². The van der Waals surface area contributed by atoms with E-state index in [1.807, 2.05) is 30.3 Å². The average molecular weight is 234 g/mol. The molecule has 1 aromatic rings. The molecule has 1 fully saturated rings. The summed E-state index contributed by atoms with van der Waals surface area (Å²) < 4.78 is 5.55. The summed E-state index contributed by atoms with van der Waals surface area (Å²) in [5.74, 6) is 0.794.